The fourth-order valence-corrected chi connectivity index (χ4v) is 4.89. The third-order valence-electron chi connectivity index (χ3n) is 5.04. The van der Waals surface area contributed by atoms with Gasteiger partial charge in [0.1, 0.15) is 0 Å². The highest BCUT2D eigenvalue weighted by molar-refractivity contribution is 5.11. The van der Waals surface area contributed by atoms with Gasteiger partial charge in [-0.25, -0.2) is 0 Å². The Kier molecular flexibility index (Phi) is 1.66. The van der Waals surface area contributed by atoms with Crippen molar-refractivity contribution in [2.24, 2.45) is 23.0 Å². The van der Waals surface area contributed by atoms with E-state index in [0.717, 1.165) is 18.3 Å². The van der Waals surface area contributed by atoms with Gasteiger partial charge in [-0.3, -0.25) is 0 Å². The summed E-state index contributed by atoms with van der Waals surface area (Å²) < 4.78 is 0. The van der Waals surface area contributed by atoms with Crippen molar-refractivity contribution in [2.45, 2.75) is 57.1 Å². The standard InChI is InChI=1S/C12H21NO/c1-8(14)11-3-9-2-10(4-11)6-12(13,5-9)7-11/h8-10,14H,2-7,13H2,1H3. The first-order chi connectivity index (χ1) is 6.51. The number of rotatable bonds is 1. The summed E-state index contributed by atoms with van der Waals surface area (Å²) in [6.45, 7) is 1.97. The van der Waals surface area contributed by atoms with Crippen molar-refractivity contribution in [3.63, 3.8) is 0 Å². The van der Waals surface area contributed by atoms with Crippen molar-refractivity contribution < 1.29 is 5.11 Å². The van der Waals surface area contributed by atoms with E-state index in [0.29, 0.717) is 0 Å². The van der Waals surface area contributed by atoms with E-state index in [4.69, 9.17) is 5.73 Å². The lowest BCUT2D eigenvalue weighted by Crippen LogP contribution is -2.62. The molecule has 2 nitrogen and oxygen atoms in total. The summed E-state index contributed by atoms with van der Waals surface area (Å²) >= 11 is 0. The lowest BCUT2D eigenvalue weighted by Gasteiger charge is -2.62. The molecule has 0 heterocycles. The molecule has 4 saturated carbocycles. The number of hydrogen-bond acceptors (Lipinski definition) is 2. The van der Waals surface area contributed by atoms with Gasteiger partial charge >= 0.3 is 0 Å². The molecule has 0 saturated heterocycles. The van der Waals surface area contributed by atoms with Crippen LogP contribution in [0.1, 0.15) is 45.4 Å². The highest BCUT2D eigenvalue weighted by Crippen LogP contribution is 2.61. The van der Waals surface area contributed by atoms with Crippen LogP contribution < -0.4 is 5.73 Å². The average Bonchev–Trinajstić information content (AvgIpc) is 1.98. The molecule has 0 aromatic rings. The zero-order chi connectivity index (χ0) is 9.97. The van der Waals surface area contributed by atoms with Crippen LogP contribution in [0.4, 0.5) is 0 Å². The molecule has 4 bridgehead atoms. The molecule has 0 radical (unpaired) electrons. The molecule has 4 rings (SSSR count). The Hall–Kier alpha value is -0.0800. The number of aliphatic hydroxyl groups is 1. The van der Waals surface area contributed by atoms with Gasteiger partial charge in [0.2, 0.25) is 0 Å². The lowest BCUT2D eigenvalue weighted by molar-refractivity contribution is -0.123. The van der Waals surface area contributed by atoms with Gasteiger partial charge < -0.3 is 10.8 Å². The number of hydrogen-bond donors (Lipinski definition) is 2. The summed E-state index contributed by atoms with van der Waals surface area (Å²) in [5.74, 6) is 1.63. The van der Waals surface area contributed by atoms with Crippen molar-refractivity contribution in [2.75, 3.05) is 0 Å². The Morgan fingerprint density at radius 3 is 2.21 bits per heavy atom. The molecule has 0 aromatic carbocycles. The third kappa shape index (κ3) is 1.10. The van der Waals surface area contributed by atoms with Crippen LogP contribution in [0.2, 0.25) is 0 Å². The SMILES string of the molecule is CC(O)C12CC3CC(CC(N)(C3)C1)C2. The van der Waals surface area contributed by atoms with Crippen LogP contribution >= 0.6 is 0 Å². The van der Waals surface area contributed by atoms with E-state index in [-0.39, 0.29) is 17.1 Å². The molecule has 3 atom stereocenters. The van der Waals surface area contributed by atoms with Crippen molar-refractivity contribution in [1.82, 2.24) is 0 Å². The zero-order valence-electron chi connectivity index (χ0n) is 9.00. The molecular formula is C12H21NO. The highest BCUT2D eigenvalue weighted by Gasteiger charge is 2.57. The van der Waals surface area contributed by atoms with Crippen LogP contribution in [0, 0.1) is 17.3 Å². The molecular weight excluding hydrogens is 174 g/mol. The first-order valence-electron chi connectivity index (χ1n) is 5.98. The molecule has 0 amide bonds. The molecule has 4 fully saturated rings. The second kappa shape index (κ2) is 2.53. The second-order valence-electron chi connectivity index (χ2n) is 6.36. The van der Waals surface area contributed by atoms with E-state index in [9.17, 15) is 5.11 Å². The summed E-state index contributed by atoms with van der Waals surface area (Å²) in [6, 6.07) is 0. The lowest BCUT2D eigenvalue weighted by atomic mass is 9.46. The molecule has 0 spiro atoms. The highest BCUT2D eigenvalue weighted by atomic mass is 16.3. The first-order valence-corrected chi connectivity index (χ1v) is 5.98. The fraction of sp³-hybridized carbons (Fsp3) is 1.00. The molecule has 3 unspecified atom stereocenters. The fourth-order valence-electron chi connectivity index (χ4n) is 4.89. The van der Waals surface area contributed by atoms with E-state index < -0.39 is 0 Å². The molecule has 0 aromatic heterocycles. The Bertz CT molecular complexity index is 247. The summed E-state index contributed by atoms with van der Waals surface area (Å²) in [4.78, 5) is 0. The minimum Gasteiger partial charge on any atom is -0.393 e. The predicted molar refractivity (Wildman–Crippen MR) is 55.7 cm³/mol. The average molecular weight is 195 g/mol. The van der Waals surface area contributed by atoms with Gasteiger partial charge in [-0.15, -0.1) is 0 Å². The van der Waals surface area contributed by atoms with Crippen LogP contribution in [-0.2, 0) is 0 Å². The minimum atomic E-state index is -0.156. The molecule has 80 valence electrons. The summed E-state index contributed by atoms with van der Waals surface area (Å²) in [6.07, 6.45) is 7.21. The molecule has 14 heavy (non-hydrogen) atoms. The van der Waals surface area contributed by atoms with E-state index in [2.05, 4.69) is 0 Å². The molecule has 4 aliphatic carbocycles. The van der Waals surface area contributed by atoms with E-state index in [1.807, 2.05) is 6.92 Å². The summed E-state index contributed by atoms with van der Waals surface area (Å²) in [5, 5.41) is 9.98. The van der Waals surface area contributed by atoms with Gasteiger partial charge in [0, 0.05) is 5.54 Å². The van der Waals surface area contributed by atoms with Crippen molar-refractivity contribution in [3.8, 4) is 0 Å². The van der Waals surface area contributed by atoms with Crippen molar-refractivity contribution >= 4 is 0 Å². The molecule has 3 N–H and O–H groups in total. The topological polar surface area (TPSA) is 46.2 Å². The number of aliphatic hydroxyl groups excluding tert-OH is 1. The zero-order valence-corrected chi connectivity index (χ0v) is 9.00. The molecule has 4 aliphatic rings. The largest absolute Gasteiger partial charge is 0.393 e. The molecule has 2 heteroatoms. The van der Waals surface area contributed by atoms with Gasteiger partial charge in [0.05, 0.1) is 6.10 Å². The normalized spacial score (nSPS) is 57.6. The molecule has 0 aliphatic heterocycles. The Morgan fingerprint density at radius 2 is 1.79 bits per heavy atom. The summed E-state index contributed by atoms with van der Waals surface area (Å²) in [5.41, 5.74) is 6.71. The summed E-state index contributed by atoms with van der Waals surface area (Å²) in [7, 11) is 0. The van der Waals surface area contributed by atoms with E-state index >= 15 is 0 Å². The van der Waals surface area contributed by atoms with Crippen LogP contribution in [-0.4, -0.2) is 16.7 Å². The van der Waals surface area contributed by atoms with Crippen LogP contribution in [0.15, 0.2) is 0 Å². The van der Waals surface area contributed by atoms with E-state index in [1.165, 1.54) is 32.1 Å². The quantitative estimate of drug-likeness (QED) is 0.668. The van der Waals surface area contributed by atoms with Crippen molar-refractivity contribution in [1.29, 1.82) is 0 Å². The Balaban J connectivity index is 1.96. The van der Waals surface area contributed by atoms with Crippen LogP contribution in [0.3, 0.4) is 0 Å². The Morgan fingerprint density at radius 1 is 1.21 bits per heavy atom. The maximum absolute atomic E-state index is 9.98. The van der Waals surface area contributed by atoms with Gasteiger partial charge in [-0.05, 0) is 62.7 Å². The maximum atomic E-state index is 9.98. The smallest absolute Gasteiger partial charge is 0.0569 e. The van der Waals surface area contributed by atoms with Crippen molar-refractivity contribution in [3.05, 3.63) is 0 Å². The number of nitrogens with two attached hydrogens (primary N) is 1. The third-order valence-corrected chi connectivity index (χ3v) is 5.04. The Labute approximate surface area is 85.9 Å². The second-order valence-corrected chi connectivity index (χ2v) is 6.36. The van der Waals surface area contributed by atoms with Gasteiger partial charge in [-0.1, -0.05) is 0 Å². The monoisotopic (exact) mass is 195 g/mol. The maximum Gasteiger partial charge on any atom is 0.0569 e. The minimum absolute atomic E-state index is 0.0844. The van der Waals surface area contributed by atoms with E-state index in [1.54, 1.807) is 0 Å². The van der Waals surface area contributed by atoms with Gasteiger partial charge in [0.25, 0.3) is 0 Å². The van der Waals surface area contributed by atoms with Crippen LogP contribution in [0.5, 0.6) is 0 Å². The predicted octanol–water partition coefficient (Wildman–Crippen LogP) is 1.66. The van der Waals surface area contributed by atoms with Gasteiger partial charge in [0.15, 0.2) is 0 Å². The van der Waals surface area contributed by atoms with Gasteiger partial charge in [-0.2, -0.15) is 0 Å². The van der Waals surface area contributed by atoms with Crippen LogP contribution in [0.25, 0.3) is 0 Å². The first kappa shape index (κ1) is 9.17.